The molecule has 0 heterocycles. The number of ether oxygens (including phenoxy) is 1. The highest BCUT2D eigenvalue weighted by molar-refractivity contribution is 5.71. The molecule has 1 aromatic rings. The summed E-state index contributed by atoms with van der Waals surface area (Å²) in [5.74, 6) is 0.272. The highest BCUT2D eigenvalue weighted by atomic mass is 16.5. The van der Waals surface area contributed by atoms with Gasteiger partial charge in [-0.2, -0.15) is 0 Å². The summed E-state index contributed by atoms with van der Waals surface area (Å²) < 4.78 is 5.68. The van der Waals surface area contributed by atoms with Gasteiger partial charge in [-0.05, 0) is 24.8 Å². The van der Waals surface area contributed by atoms with Crippen LogP contribution in [-0.4, -0.2) is 12.1 Å². The monoisotopic (exact) mass is 246 g/mol. The molecule has 1 fully saturated rings. The fourth-order valence-electron chi connectivity index (χ4n) is 2.60. The van der Waals surface area contributed by atoms with E-state index in [1.54, 1.807) is 0 Å². The molecule has 0 aliphatic heterocycles. The lowest BCUT2D eigenvalue weighted by atomic mass is 9.81. The van der Waals surface area contributed by atoms with Gasteiger partial charge in [0.25, 0.3) is 0 Å². The Morgan fingerprint density at radius 1 is 1.17 bits per heavy atom. The third kappa shape index (κ3) is 3.12. The molecular weight excluding hydrogens is 224 g/mol. The minimum atomic E-state index is -0.0668. The first-order valence-corrected chi connectivity index (χ1v) is 6.94. The number of esters is 1. The Hall–Kier alpha value is -1.31. The van der Waals surface area contributed by atoms with Gasteiger partial charge in [0.2, 0.25) is 0 Å². The van der Waals surface area contributed by atoms with E-state index in [0.717, 1.165) is 12.8 Å². The van der Waals surface area contributed by atoms with Gasteiger partial charge < -0.3 is 4.74 Å². The van der Waals surface area contributed by atoms with Gasteiger partial charge in [0.1, 0.15) is 6.10 Å². The summed E-state index contributed by atoms with van der Waals surface area (Å²) in [5.41, 5.74) is 1.30. The third-order valence-electron chi connectivity index (χ3n) is 3.67. The van der Waals surface area contributed by atoms with Crippen molar-refractivity contribution in [2.45, 2.75) is 51.6 Å². The quantitative estimate of drug-likeness (QED) is 0.756. The predicted molar refractivity (Wildman–Crippen MR) is 72.4 cm³/mol. The fourth-order valence-corrected chi connectivity index (χ4v) is 2.60. The van der Waals surface area contributed by atoms with Gasteiger partial charge >= 0.3 is 5.97 Å². The highest BCUT2D eigenvalue weighted by Crippen LogP contribution is 2.35. The molecule has 2 rings (SSSR count). The summed E-state index contributed by atoms with van der Waals surface area (Å²) in [6.45, 7) is 3.78. The minimum Gasteiger partial charge on any atom is -0.462 e. The molecule has 98 valence electrons. The molecule has 0 bridgehead atoms. The zero-order valence-electron chi connectivity index (χ0n) is 11.3. The first-order chi connectivity index (χ1) is 8.68. The maximum absolute atomic E-state index is 11.8. The molecule has 0 amide bonds. The number of rotatable bonds is 3. The Morgan fingerprint density at radius 3 is 2.50 bits per heavy atom. The smallest absolute Gasteiger partial charge is 0.308 e. The molecule has 0 aromatic heterocycles. The lowest BCUT2D eigenvalue weighted by Crippen LogP contribution is -2.30. The molecule has 1 aromatic carbocycles. The van der Waals surface area contributed by atoms with Crippen molar-refractivity contribution in [1.82, 2.24) is 0 Å². The second-order valence-electron chi connectivity index (χ2n) is 5.43. The lowest BCUT2D eigenvalue weighted by molar-refractivity contribution is -0.155. The largest absolute Gasteiger partial charge is 0.462 e. The van der Waals surface area contributed by atoms with E-state index in [2.05, 4.69) is 24.3 Å². The van der Waals surface area contributed by atoms with Crippen molar-refractivity contribution in [2.75, 3.05) is 0 Å². The van der Waals surface area contributed by atoms with E-state index in [9.17, 15) is 4.79 Å². The lowest BCUT2D eigenvalue weighted by Gasteiger charge is -2.32. The van der Waals surface area contributed by atoms with Crippen LogP contribution in [0.15, 0.2) is 30.3 Å². The molecule has 2 heteroatoms. The third-order valence-corrected chi connectivity index (χ3v) is 3.67. The predicted octanol–water partition coefficient (Wildman–Crippen LogP) is 3.91. The van der Waals surface area contributed by atoms with Crippen LogP contribution in [0.3, 0.4) is 0 Å². The summed E-state index contributed by atoms with van der Waals surface area (Å²) in [6, 6.07) is 10.4. The van der Waals surface area contributed by atoms with Crippen LogP contribution < -0.4 is 0 Å². The van der Waals surface area contributed by atoms with Crippen LogP contribution in [0.2, 0.25) is 0 Å². The molecule has 0 saturated heterocycles. The number of hydrogen-bond acceptors (Lipinski definition) is 2. The average molecular weight is 246 g/mol. The van der Waals surface area contributed by atoms with Crippen molar-refractivity contribution in [3.8, 4) is 0 Å². The maximum Gasteiger partial charge on any atom is 0.308 e. The van der Waals surface area contributed by atoms with Crippen LogP contribution in [0.5, 0.6) is 0 Å². The summed E-state index contributed by atoms with van der Waals surface area (Å²) in [4.78, 5) is 11.8. The Bertz CT molecular complexity index is 383. The Balaban J connectivity index is 2.09. The summed E-state index contributed by atoms with van der Waals surface area (Å²) in [7, 11) is 0. The Labute approximate surface area is 109 Å². The zero-order valence-corrected chi connectivity index (χ0v) is 11.3. The summed E-state index contributed by atoms with van der Waals surface area (Å²) in [5, 5.41) is 0. The van der Waals surface area contributed by atoms with Crippen LogP contribution in [0.25, 0.3) is 0 Å². The van der Waals surface area contributed by atoms with Gasteiger partial charge in [-0.3, -0.25) is 4.79 Å². The van der Waals surface area contributed by atoms with Gasteiger partial charge in [0.15, 0.2) is 0 Å². The number of hydrogen-bond donors (Lipinski definition) is 0. The van der Waals surface area contributed by atoms with Crippen molar-refractivity contribution < 1.29 is 9.53 Å². The summed E-state index contributed by atoms with van der Waals surface area (Å²) >= 11 is 0. The van der Waals surface area contributed by atoms with Crippen LogP contribution in [0, 0.1) is 5.92 Å². The van der Waals surface area contributed by atoms with Gasteiger partial charge in [-0.1, -0.05) is 50.6 Å². The van der Waals surface area contributed by atoms with E-state index in [4.69, 9.17) is 4.74 Å². The van der Waals surface area contributed by atoms with Gasteiger partial charge in [0.05, 0.1) is 5.92 Å². The standard InChI is InChI=1S/C16H22O2/c1-12(2)16(17)18-15-11-7-6-10-14(15)13-8-4-3-5-9-13/h3-5,8-9,12,14-15H,6-7,10-11H2,1-2H3/t14-,15-/m1/s1. The number of benzene rings is 1. The Morgan fingerprint density at radius 2 is 1.83 bits per heavy atom. The summed E-state index contributed by atoms with van der Waals surface area (Å²) in [6.07, 6.45) is 4.59. The molecule has 1 aliphatic carbocycles. The molecule has 2 nitrogen and oxygen atoms in total. The fraction of sp³-hybridized carbons (Fsp3) is 0.562. The number of carbonyl (C=O) groups is 1. The molecule has 2 atom stereocenters. The van der Waals surface area contributed by atoms with E-state index in [0.29, 0.717) is 5.92 Å². The number of carbonyl (C=O) groups excluding carboxylic acids is 1. The molecule has 1 saturated carbocycles. The topological polar surface area (TPSA) is 26.3 Å². The van der Waals surface area contributed by atoms with E-state index < -0.39 is 0 Å². The Kier molecular flexibility index (Phi) is 4.40. The molecule has 1 aliphatic rings. The maximum atomic E-state index is 11.8. The van der Waals surface area contributed by atoms with Crippen molar-refractivity contribution in [2.24, 2.45) is 5.92 Å². The second kappa shape index (κ2) is 6.03. The SMILES string of the molecule is CC(C)C(=O)O[C@@H]1CCCC[C@@H]1c1ccccc1. The van der Waals surface area contributed by atoms with E-state index >= 15 is 0 Å². The van der Waals surface area contributed by atoms with Crippen LogP contribution in [-0.2, 0) is 9.53 Å². The normalized spacial score (nSPS) is 23.9. The highest BCUT2D eigenvalue weighted by Gasteiger charge is 2.29. The molecule has 0 unspecified atom stereocenters. The zero-order chi connectivity index (χ0) is 13.0. The van der Waals surface area contributed by atoms with E-state index in [1.807, 2.05) is 19.9 Å². The van der Waals surface area contributed by atoms with Gasteiger partial charge in [-0.25, -0.2) is 0 Å². The van der Waals surface area contributed by atoms with E-state index in [-0.39, 0.29) is 18.0 Å². The van der Waals surface area contributed by atoms with Crippen LogP contribution >= 0.6 is 0 Å². The van der Waals surface area contributed by atoms with Crippen LogP contribution in [0.4, 0.5) is 0 Å². The van der Waals surface area contributed by atoms with Crippen LogP contribution in [0.1, 0.15) is 51.0 Å². The first-order valence-electron chi connectivity index (χ1n) is 6.94. The van der Waals surface area contributed by atoms with E-state index in [1.165, 1.54) is 18.4 Å². The van der Waals surface area contributed by atoms with Crippen molar-refractivity contribution in [3.63, 3.8) is 0 Å². The second-order valence-corrected chi connectivity index (χ2v) is 5.43. The van der Waals surface area contributed by atoms with Crippen molar-refractivity contribution >= 4 is 5.97 Å². The first kappa shape index (κ1) is 13.1. The van der Waals surface area contributed by atoms with Gasteiger partial charge in [-0.15, -0.1) is 0 Å². The van der Waals surface area contributed by atoms with Gasteiger partial charge in [0, 0.05) is 5.92 Å². The average Bonchev–Trinajstić information content (AvgIpc) is 2.40. The molecule has 0 N–H and O–H groups in total. The molecule has 0 spiro atoms. The minimum absolute atomic E-state index is 0.0386. The van der Waals surface area contributed by atoms with Crippen molar-refractivity contribution in [1.29, 1.82) is 0 Å². The molecular formula is C16H22O2. The molecule has 0 radical (unpaired) electrons. The molecule has 18 heavy (non-hydrogen) atoms. The van der Waals surface area contributed by atoms with Crippen molar-refractivity contribution in [3.05, 3.63) is 35.9 Å².